The van der Waals surface area contributed by atoms with Gasteiger partial charge in [0.2, 0.25) is 5.88 Å². The Morgan fingerprint density at radius 2 is 1.86 bits per heavy atom. The molecule has 3 N–H and O–H groups in total. The Morgan fingerprint density at radius 3 is 2.63 bits per heavy atom. The first kappa shape index (κ1) is 23.1. The Bertz CT molecular complexity index is 1350. The Hall–Kier alpha value is -3.68. The molecule has 1 saturated heterocycles. The van der Waals surface area contributed by atoms with Crippen molar-refractivity contribution in [3.8, 4) is 11.6 Å². The number of nitrogens with zero attached hydrogens (tertiary/aromatic N) is 3. The van der Waals surface area contributed by atoms with Crippen LogP contribution in [0.3, 0.4) is 0 Å². The minimum absolute atomic E-state index is 0.0272. The van der Waals surface area contributed by atoms with Crippen LogP contribution in [0.1, 0.15) is 22.3 Å². The second kappa shape index (κ2) is 10.3. The molecule has 0 saturated carbocycles. The average Bonchev–Trinajstić information content (AvgIpc) is 2.89. The van der Waals surface area contributed by atoms with E-state index in [2.05, 4.69) is 20.2 Å². The summed E-state index contributed by atoms with van der Waals surface area (Å²) >= 11 is 6.40. The number of rotatable bonds is 7. The molecule has 0 atom stereocenters. The van der Waals surface area contributed by atoms with Gasteiger partial charge in [-0.3, -0.25) is 4.79 Å². The average molecular weight is 488 g/mol. The van der Waals surface area contributed by atoms with E-state index < -0.39 is 0 Å². The van der Waals surface area contributed by atoms with Crippen molar-refractivity contribution in [3.05, 3.63) is 83.1 Å². The topological polar surface area (TPSA) is 93.4 Å². The number of aryl methyl sites for hydroxylation is 1. The lowest BCUT2D eigenvalue weighted by Crippen LogP contribution is -2.43. The molecule has 7 nitrogen and oxygen atoms in total. The molecule has 0 bridgehead atoms. The third kappa shape index (κ3) is 5.37. The highest BCUT2D eigenvalue weighted by Gasteiger charge is 2.14. The van der Waals surface area contributed by atoms with E-state index in [-0.39, 0.29) is 11.7 Å². The summed E-state index contributed by atoms with van der Waals surface area (Å²) in [5.74, 6) is 1.40. The SMILES string of the molecule is Nc1nccc2cc(CCC(=O)c3cnc(Oc4ccc(N5CCNCC5)cc4)c(Cl)c3)ccc12. The Kier molecular flexibility index (Phi) is 6.79. The molecule has 0 amide bonds. The number of benzene rings is 2. The first-order valence-corrected chi connectivity index (χ1v) is 12.0. The molecule has 2 aromatic heterocycles. The van der Waals surface area contributed by atoms with Crippen molar-refractivity contribution < 1.29 is 9.53 Å². The first-order chi connectivity index (χ1) is 17.1. The lowest BCUT2D eigenvalue weighted by molar-refractivity contribution is 0.0982. The van der Waals surface area contributed by atoms with E-state index in [4.69, 9.17) is 22.1 Å². The number of hydrogen-bond acceptors (Lipinski definition) is 7. The second-order valence-corrected chi connectivity index (χ2v) is 8.93. The van der Waals surface area contributed by atoms with Gasteiger partial charge in [-0.05, 0) is 53.8 Å². The largest absolute Gasteiger partial charge is 0.438 e. The third-order valence-corrected chi connectivity index (χ3v) is 6.43. The fourth-order valence-corrected chi connectivity index (χ4v) is 4.43. The van der Waals surface area contributed by atoms with Crippen molar-refractivity contribution in [1.82, 2.24) is 15.3 Å². The summed E-state index contributed by atoms with van der Waals surface area (Å²) in [7, 11) is 0. The summed E-state index contributed by atoms with van der Waals surface area (Å²) in [6.45, 7) is 3.93. The maximum absolute atomic E-state index is 12.8. The van der Waals surface area contributed by atoms with Gasteiger partial charge in [-0.15, -0.1) is 0 Å². The number of fused-ring (bicyclic) bond motifs is 1. The number of piperazine rings is 1. The molecule has 0 aliphatic carbocycles. The number of halogens is 1. The lowest BCUT2D eigenvalue weighted by Gasteiger charge is -2.29. The van der Waals surface area contributed by atoms with E-state index in [0.29, 0.717) is 35.0 Å². The molecule has 178 valence electrons. The van der Waals surface area contributed by atoms with Crippen molar-refractivity contribution in [2.45, 2.75) is 12.8 Å². The number of nitrogens with two attached hydrogens (primary N) is 1. The van der Waals surface area contributed by atoms with Crippen molar-refractivity contribution in [2.75, 3.05) is 36.8 Å². The van der Waals surface area contributed by atoms with E-state index in [0.717, 1.165) is 48.2 Å². The zero-order chi connectivity index (χ0) is 24.2. The highest BCUT2D eigenvalue weighted by atomic mass is 35.5. The van der Waals surface area contributed by atoms with Gasteiger partial charge in [0.05, 0.1) is 0 Å². The van der Waals surface area contributed by atoms with Gasteiger partial charge in [0.15, 0.2) is 5.78 Å². The number of carbonyl (C=O) groups is 1. The van der Waals surface area contributed by atoms with Gasteiger partial charge in [-0.2, -0.15) is 0 Å². The van der Waals surface area contributed by atoms with Crippen LogP contribution in [-0.2, 0) is 6.42 Å². The van der Waals surface area contributed by atoms with Crippen molar-refractivity contribution in [3.63, 3.8) is 0 Å². The molecule has 1 aliphatic rings. The summed E-state index contributed by atoms with van der Waals surface area (Å²) in [6, 6.07) is 17.4. The molecular weight excluding hydrogens is 462 g/mol. The molecule has 8 heteroatoms. The van der Waals surface area contributed by atoms with Gasteiger partial charge < -0.3 is 20.7 Å². The number of Topliss-reactive ketones (excluding diaryl/α,β-unsaturated/α-hetero) is 1. The molecular formula is C27H26ClN5O2. The van der Waals surface area contributed by atoms with Gasteiger partial charge in [0, 0.05) is 61.6 Å². The zero-order valence-corrected chi connectivity index (χ0v) is 20.0. The van der Waals surface area contributed by atoms with Crippen molar-refractivity contribution >= 4 is 39.7 Å². The first-order valence-electron chi connectivity index (χ1n) is 11.6. The minimum atomic E-state index is -0.0272. The summed E-state index contributed by atoms with van der Waals surface area (Å²) < 4.78 is 5.87. The van der Waals surface area contributed by atoms with Gasteiger partial charge in [0.1, 0.15) is 16.6 Å². The van der Waals surface area contributed by atoms with Crippen molar-refractivity contribution in [1.29, 1.82) is 0 Å². The maximum atomic E-state index is 12.8. The van der Waals surface area contributed by atoms with E-state index >= 15 is 0 Å². The lowest BCUT2D eigenvalue weighted by atomic mass is 10.0. The minimum Gasteiger partial charge on any atom is -0.438 e. The summed E-state index contributed by atoms with van der Waals surface area (Å²) in [5, 5.41) is 5.57. The number of ether oxygens (including phenoxy) is 1. The van der Waals surface area contributed by atoms with E-state index in [1.165, 1.54) is 6.20 Å². The molecule has 1 aliphatic heterocycles. The molecule has 5 rings (SSSR count). The number of carbonyl (C=O) groups excluding carboxylic acids is 1. The van der Waals surface area contributed by atoms with E-state index in [9.17, 15) is 4.79 Å². The number of aromatic nitrogens is 2. The maximum Gasteiger partial charge on any atom is 0.238 e. The van der Waals surface area contributed by atoms with E-state index in [1.54, 1.807) is 12.3 Å². The Balaban J connectivity index is 1.21. The predicted molar refractivity (Wildman–Crippen MR) is 140 cm³/mol. The number of nitrogens with one attached hydrogen (secondary N) is 1. The van der Waals surface area contributed by atoms with Gasteiger partial charge in [0.25, 0.3) is 0 Å². The highest BCUT2D eigenvalue weighted by Crippen LogP contribution is 2.30. The third-order valence-electron chi connectivity index (χ3n) is 6.16. The molecule has 1 fully saturated rings. The van der Waals surface area contributed by atoms with Gasteiger partial charge in [-0.25, -0.2) is 9.97 Å². The molecule has 0 spiro atoms. The normalized spacial score (nSPS) is 13.7. The van der Waals surface area contributed by atoms with Crippen LogP contribution < -0.4 is 20.7 Å². The van der Waals surface area contributed by atoms with Crippen LogP contribution in [0.5, 0.6) is 11.6 Å². The summed E-state index contributed by atoms with van der Waals surface area (Å²) in [4.78, 5) is 23.5. The molecule has 0 unspecified atom stereocenters. The molecule has 35 heavy (non-hydrogen) atoms. The quantitative estimate of drug-likeness (QED) is 0.359. The fourth-order valence-electron chi connectivity index (χ4n) is 4.22. The Morgan fingerprint density at radius 1 is 1.06 bits per heavy atom. The van der Waals surface area contributed by atoms with Gasteiger partial charge >= 0.3 is 0 Å². The number of ketones is 1. The molecule has 2 aromatic carbocycles. The smallest absolute Gasteiger partial charge is 0.238 e. The van der Waals surface area contributed by atoms with E-state index in [1.807, 2.05) is 48.5 Å². The number of pyridine rings is 2. The Labute approximate surface area is 208 Å². The van der Waals surface area contributed by atoms with Crippen LogP contribution in [0.25, 0.3) is 10.8 Å². The van der Waals surface area contributed by atoms with Gasteiger partial charge in [-0.1, -0.05) is 29.8 Å². The number of nitrogen functional groups attached to an aromatic ring is 1. The fraction of sp³-hybridized carbons (Fsp3) is 0.222. The van der Waals surface area contributed by atoms with Crippen LogP contribution in [-0.4, -0.2) is 41.9 Å². The predicted octanol–water partition coefficient (Wildman–Crippen LogP) is 4.88. The van der Waals surface area contributed by atoms with Crippen LogP contribution in [0.2, 0.25) is 5.02 Å². The van der Waals surface area contributed by atoms with Crippen molar-refractivity contribution in [2.24, 2.45) is 0 Å². The number of hydrogen-bond donors (Lipinski definition) is 2. The second-order valence-electron chi connectivity index (χ2n) is 8.52. The summed E-state index contributed by atoms with van der Waals surface area (Å²) in [6.07, 6.45) is 4.15. The van der Waals surface area contributed by atoms with Crippen LogP contribution in [0.15, 0.2) is 67.0 Å². The monoisotopic (exact) mass is 487 g/mol. The van der Waals surface area contributed by atoms with Crippen LogP contribution in [0.4, 0.5) is 11.5 Å². The van der Waals surface area contributed by atoms with Crippen LogP contribution >= 0.6 is 11.6 Å². The highest BCUT2D eigenvalue weighted by molar-refractivity contribution is 6.32. The molecule has 4 aromatic rings. The molecule has 3 heterocycles. The standard InChI is InChI=1S/C27H26ClN5O2/c28-24-16-20(25(34)8-2-18-1-7-23-19(15-18)9-10-31-26(23)29)17-32-27(24)35-22-5-3-21(4-6-22)33-13-11-30-12-14-33/h1,3-7,9-10,15-17,30H,2,8,11-14H2,(H2,29,31). The molecule has 0 radical (unpaired) electrons. The van der Waals surface area contributed by atoms with Crippen LogP contribution in [0, 0.1) is 0 Å². The zero-order valence-electron chi connectivity index (χ0n) is 19.2. The number of anilines is 2. The summed E-state index contributed by atoms with van der Waals surface area (Å²) in [5.41, 5.74) is 8.59.